The van der Waals surface area contributed by atoms with E-state index in [1.54, 1.807) is 0 Å². The van der Waals surface area contributed by atoms with Gasteiger partial charge in [-0.3, -0.25) is 4.79 Å². The third kappa shape index (κ3) is 3.81. The Bertz CT molecular complexity index is 238. The largest absolute Gasteiger partial charge is 0.295 e. The molecule has 0 aliphatic heterocycles. The highest BCUT2D eigenvalue weighted by atomic mass is 16.1. The van der Waals surface area contributed by atoms with Crippen LogP contribution in [0.4, 0.5) is 0 Å². The average Bonchev–Trinajstić information content (AvgIpc) is 2.25. The first kappa shape index (κ1) is 12.5. The Hall–Kier alpha value is -0.590. The molecule has 0 amide bonds. The molecule has 0 fully saturated rings. The van der Waals surface area contributed by atoms with Gasteiger partial charge in [0.05, 0.1) is 0 Å². The lowest BCUT2D eigenvalue weighted by Crippen LogP contribution is -2.12. The molecule has 86 valence electrons. The molecule has 0 heterocycles. The van der Waals surface area contributed by atoms with E-state index >= 15 is 0 Å². The Morgan fingerprint density at radius 2 is 1.67 bits per heavy atom. The molecule has 0 aromatic heterocycles. The van der Waals surface area contributed by atoms with Crippen LogP contribution in [0, 0.1) is 0 Å². The summed E-state index contributed by atoms with van der Waals surface area (Å²) in [4.78, 5) is 11.8. The monoisotopic (exact) mass is 208 g/mol. The van der Waals surface area contributed by atoms with Gasteiger partial charge in [0.25, 0.3) is 0 Å². The van der Waals surface area contributed by atoms with E-state index in [2.05, 4.69) is 13.8 Å². The fourth-order valence-electron chi connectivity index (χ4n) is 2.30. The van der Waals surface area contributed by atoms with Crippen LogP contribution in [-0.4, -0.2) is 5.78 Å². The molecule has 0 N–H and O–H groups in total. The van der Waals surface area contributed by atoms with E-state index in [0.29, 0.717) is 5.78 Å². The second kappa shape index (κ2) is 6.81. The minimum Gasteiger partial charge on any atom is -0.295 e. The van der Waals surface area contributed by atoms with E-state index in [4.69, 9.17) is 0 Å². The predicted octanol–water partition coefficient (Wildman–Crippen LogP) is 4.42. The van der Waals surface area contributed by atoms with Crippen LogP contribution in [-0.2, 0) is 4.79 Å². The number of allylic oxidation sites excluding steroid dienone is 2. The summed E-state index contributed by atoms with van der Waals surface area (Å²) in [5.74, 6) is 0.445. The normalized spacial score (nSPS) is 17.3. The summed E-state index contributed by atoms with van der Waals surface area (Å²) in [5, 5.41) is 0. The van der Waals surface area contributed by atoms with Gasteiger partial charge in [0.1, 0.15) is 0 Å². The van der Waals surface area contributed by atoms with Crippen molar-refractivity contribution in [2.24, 2.45) is 0 Å². The molecule has 0 aromatic carbocycles. The fraction of sp³-hybridized carbons (Fsp3) is 0.786. The number of hydrogen-bond donors (Lipinski definition) is 0. The van der Waals surface area contributed by atoms with Crippen molar-refractivity contribution in [2.45, 2.75) is 71.6 Å². The number of unbranched alkanes of at least 4 members (excludes halogenated alkanes) is 2. The second-order valence-electron chi connectivity index (χ2n) is 4.57. The Kier molecular flexibility index (Phi) is 5.67. The van der Waals surface area contributed by atoms with Crippen molar-refractivity contribution in [2.75, 3.05) is 0 Å². The number of carbonyl (C=O) groups excluding carboxylic acids is 1. The minimum absolute atomic E-state index is 0.445. The van der Waals surface area contributed by atoms with Crippen LogP contribution >= 0.6 is 0 Å². The number of Topliss-reactive ketones (excluding diaryl/α,β-unsaturated/α-hetero) is 1. The number of hydrogen-bond acceptors (Lipinski definition) is 1. The van der Waals surface area contributed by atoms with Crippen molar-refractivity contribution in [3.63, 3.8) is 0 Å². The highest BCUT2D eigenvalue weighted by Gasteiger charge is 2.18. The quantitative estimate of drug-likeness (QED) is 0.631. The van der Waals surface area contributed by atoms with E-state index < -0.39 is 0 Å². The summed E-state index contributed by atoms with van der Waals surface area (Å²) >= 11 is 0. The van der Waals surface area contributed by atoms with Crippen LogP contribution in [0.2, 0.25) is 0 Å². The highest BCUT2D eigenvalue weighted by Crippen LogP contribution is 2.29. The second-order valence-corrected chi connectivity index (χ2v) is 4.57. The third-order valence-corrected chi connectivity index (χ3v) is 3.26. The van der Waals surface area contributed by atoms with Gasteiger partial charge < -0.3 is 0 Å². The molecule has 0 spiro atoms. The lowest BCUT2D eigenvalue weighted by Gasteiger charge is -2.19. The van der Waals surface area contributed by atoms with Crippen LogP contribution in [0.3, 0.4) is 0 Å². The van der Waals surface area contributed by atoms with Gasteiger partial charge >= 0.3 is 0 Å². The fourth-order valence-corrected chi connectivity index (χ4v) is 2.30. The number of ketones is 1. The van der Waals surface area contributed by atoms with Gasteiger partial charge in [0, 0.05) is 6.42 Å². The van der Waals surface area contributed by atoms with Gasteiger partial charge in [-0.15, -0.1) is 0 Å². The van der Waals surface area contributed by atoms with Crippen LogP contribution < -0.4 is 0 Å². The summed E-state index contributed by atoms with van der Waals surface area (Å²) in [6, 6.07) is 0. The summed E-state index contributed by atoms with van der Waals surface area (Å²) in [7, 11) is 0. The van der Waals surface area contributed by atoms with E-state index in [1.807, 2.05) is 0 Å². The van der Waals surface area contributed by atoms with Crippen molar-refractivity contribution in [1.29, 1.82) is 0 Å². The molecule has 0 unspecified atom stereocenters. The SMILES string of the molecule is CCCCC1=C(CCCC)C(=O)CCC1. The topological polar surface area (TPSA) is 17.1 Å². The average molecular weight is 208 g/mol. The van der Waals surface area contributed by atoms with Gasteiger partial charge in [-0.1, -0.05) is 32.3 Å². The Morgan fingerprint density at radius 3 is 2.33 bits per heavy atom. The maximum atomic E-state index is 11.8. The zero-order valence-corrected chi connectivity index (χ0v) is 10.3. The molecule has 15 heavy (non-hydrogen) atoms. The molecular formula is C14H24O. The molecule has 0 bridgehead atoms. The van der Waals surface area contributed by atoms with Gasteiger partial charge in [-0.25, -0.2) is 0 Å². The van der Waals surface area contributed by atoms with Gasteiger partial charge in [-0.2, -0.15) is 0 Å². The van der Waals surface area contributed by atoms with Crippen molar-refractivity contribution >= 4 is 5.78 Å². The molecule has 1 nitrogen and oxygen atoms in total. The third-order valence-electron chi connectivity index (χ3n) is 3.26. The molecule has 0 aromatic rings. The van der Waals surface area contributed by atoms with Crippen molar-refractivity contribution < 1.29 is 4.79 Å². The number of carbonyl (C=O) groups is 1. The van der Waals surface area contributed by atoms with Crippen LogP contribution in [0.15, 0.2) is 11.1 Å². The molecule has 0 radical (unpaired) electrons. The van der Waals surface area contributed by atoms with E-state index in [-0.39, 0.29) is 0 Å². The molecular weight excluding hydrogens is 184 g/mol. The number of rotatable bonds is 6. The van der Waals surface area contributed by atoms with Gasteiger partial charge in [0.15, 0.2) is 5.78 Å². The minimum atomic E-state index is 0.445. The zero-order valence-electron chi connectivity index (χ0n) is 10.3. The lowest BCUT2D eigenvalue weighted by atomic mass is 9.85. The summed E-state index contributed by atoms with van der Waals surface area (Å²) in [6.07, 6.45) is 10.1. The van der Waals surface area contributed by atoms with Gasteiger partial charge in [0.2, 0.25) is 0 Å². The van der Waals surface area contributed by atoms with Crippen molar-refractivity contribution in [3.05, 3.63) is 11.1 Å². The molecule has 1 rings (SSSR count). The maximum Gasteiger partial charge on any atom is 0.158 e. The molecule has 0 saturated heterocycles. The van der Waals surface area contributed by atoms with Crippen LogP contribution in [0.1, 0.15) is 71.6 Å². The first-order valence-corrected chi connectivity index (χ1v) is 6.53. The lowest BCUT2D eigenvalue weighted by molar-refractivity contribution is -0.116. The molecule has 1 heteroatoms. The molecule has 1 aliphatic rings. The maximum absolute atomic E-state index is 11.8. The summed E-state index contributed by atoms with van der Waals surface area (Å²) in [5.41, 5.74) is 2.69. The Labute approximate surface area is 93.9 Å². The molecule has 0 saturated carbocycles. The smallest absolute Gasteiger partial charge is 0.158 e. The molecule has 0 atom stereocenters. The zero-order chi connectivity index (χ0) is 11.1. The summed E-state index contributed by atoms with van der Waals surface area (Å²) < 4.78 is 0. The molecule has 1 aliphatic carbocycles. The van der Waals surface area contributed by atoms with Crippen molar-refractivity contribution in [3.8, 4) is 0 Å². The van der Waals surface area contributed by atoms with Gasteiger partial charge in [-0.05, 0) is 44.1 Å². The van der Waals surface area contributed by atoms with Crippen LogP contribution in [0.25, 0.3) is 0 Å². The first-order valence-electron chi connectivity index (χ1n) is 6.53. The predicted molar refractivity (Wildman–Crippen MR) is 64.9 cm³/mol. The van der Waals surface area contributed by atoms with Crippen LogP contribution in [0.5, 0.6) is 0 Å². The van der Waals surface area contributed by atoms with Crippen molar-refractivity contribution in [1.82, 2.24) is 0 Å². The Morgan fingerprint density at radius 1 is 1.00 bits per heavy atom. The van der Waals surface area contributed by atoms with E-state index in [0.717, 1.165) is 19.3 Å². The standard InChI is InChI=1S/C14H24O/c1-3-5-8-12-9-7-11-14(15)13(12)10-6-4-2/h3-11H2,1-2H3. The summed E-state index contributed by atoms with van der Waals surface area (Å²) in [6.45, 7) is 4.41. The highest BCUT2D eigenvalue weighted by molar-refractivity contribution is 5.96. The van der Waals surface area contributed by atoms with E-state index in [1.165, 1.54) is 49.7 Å². The Balaban J connectivity index is 2.65. The first-order chi connectivity index (χ1) is 7.29. The van der Waals surface area contributed by atoms with E-state index in [9.17, 15) is 4.79 Å².